The lowest BCUT2D eigenvalue weighted by atomic mass is 10.0. The van der Waals surface area contributed by atoms with Crippen LogP contribution in [-0.2, 0) is 0 Å². The summed E-state index contributed by atoms with van der Waals surface area (Å²) in [6, 6.07) is 12.0. The average Bonchev–Trinajstić information content (AvgIpc) is 3.00. The Balaban J connectivity index is 1.82. The van der Waals surface area contributed by atoms with Crippen molar-refractivity contribution in [2.24, 2.45) is 5.92 Å². The molecule has 0 bridgehead atoms. The van der Waals surface area contributed by atoms with E-state index in [1.54, 1.807) is 12.1 Å². The molecule has 1 aromatic heterocycles. The molecule has 27 heavy (non-hydrogen) atoms. The number of rotatable bonds is 6. The number of halogens is 2. The van der Waals surface area contributed by atoms with Gasteiger partial charge in [-0.3, -0.25) is 0 Å². The Labute approximate surface area is 168 Å². The maximum atomic E-state index is 6.49. The van der Waals surface area contributed by atoms with Crippen LogP contribution in [0.2, 0.25) is 10.0 Å². The normalized spacial score (nSPS) is 12.2. The predicted octanol–water partition coefficient (Wildman–Crippen LogP) is 5.56. The molecule has 1 unspecified atom stereocenters. The Morgan fingerprint density at radius 1 is 1.00 bits per heavy atom. The van der Waals surface area contributed by atoms with Crippen molar-refractivity contribution in [2.75, 3.05) is 16.4 Å². The van der Waals surface area contributed by atoms with Crippen LogP contribution in [0.5, 0.6) is 0 Å². The first-order chi connectivity index (χ1) is 12.8. The Morgan fingerprint density at radius 2 is 1.63 bits per heavy atom. The molecular weight excluding hydrogens is 383 g/mol. The number of aromatic nitrogens is 3. The van der Waals surface area contributed by atoms with E-state index in [-0.39, 0.29) is 5.95 Å². The number of nitrogen functional groups attached to an aromatic ring is 1. The molecule has 0 saturated carbocycles. The van der Waals surface area contributed by atoms with E-state index in [9.17, 15) is 0 Å². The number of hydrogen-bond donors (Lipinski definition) is 4. The van der Waals surface area contributed by atoms with E-state index in [1.165, 1.54) is 0 Å². The summed E-state index contributed by atoms with van der Waals surface area (Å²) in [5.74, 6) is 1.13. The molecule has 3 aromatic rings. The zero-order valence-electron chi connectivity index (χ0n) is 15.3. The number of benzene rings is 2. The third kappa shape index (κ3) is 4.64. The van der Waals surface area contributed by atoms with Gasteiger partial charge in [-0.1, -0.05) is 49.2 Å². The summed E-state index contributed by atoms with van der Waals surface area (Å²) in [6.07, 6.45) is 0. The number of nitrogens with one attached hydrogen (secondary N) is 3. The van der Waals surface area contributed by atoms with Crippen molar-refractivity contribution < 1.29 is 0 Å². The Morgan fingerprint density at radius 3 is 2.15 bits per heavy atom. The van der Waals surface area contributed by atoms with Gasteiger partial charge in [0.25, 0.3) is 0 Å². The number of aromatic amines is 1. The number of nitrogens with two attached hydrogens (primary N) is 1. The molecule has 5 N–H and O–H groups in total. The number of anilines is 4. The monoisotopic (exact) mass is 404 g/mol. The first kappa shape index (κ1) is 19.3. The molecule has 142 valence electrons. The molecule has 0 radical (unpaired) electrons. The van der Waals surface area contributed by atoms with Gasteiger partial charge in [-0.15, -0.1) is 5.10 Å². The van der Waals surface area contributed by atoms with Crippen LogP contribution < -0.4 is 16.4 Å². The van der Waals surface area contributed by atoms with E-state index in [4.69, 9.17) is 28.9 Å². The largest absolute Gasteiger partial charge is 0.382 e. The van der Waals surface area contributed by atoms with E-state index in [0.717, 1.165) is 16.8 Å². The second kappa shape index (κ2) is 8.06. The third-order valence-electron chi connectivity index (χ3n) is 4.37. The van der Waals surface area contributed by atoms with Crippen LogP contribution in [0.15, 0.2) is 36.4 Å². The Hall–Kier alpha value is -2.44. The zero-order valence-corrected chi connectivity index (χ0v) is 16.9. The van der Waals surface area contributed by atoms with Crippen molar-refractivity contribution in [1.82, 2.24) is 15.2 Å². The van der Waals surface area contributed by atoms with Crippen molar-refractivity contribution in [3.63, 3.8) is 0 Å². The van der Waals surface area contributed by atoms with Crippen molar-refractivity contribution in [3.05, 3.63) is 46.4 Å². The van der Waals surface area contributed by atoms with Gasteiger partial charge in [0.05, 0.1) is 10.0 Å². The summed E-state index contributed by atoms with van der Waals surface area (Å²) < 4.78 is 0. The second-order valence-corrected chi connectivity index (χ2v) is 7.55. The SMILES string of the molecule is CC(C)C(C)Nc1ccc(-c2c(Cl)cc(Nc3n[nH]c(N)n3)cc2Cl)cc1. The van der Waals surface area contributed by atoms with E-state index < -0.39 is 0 Å². The lowest BCUT2D eigenvalue weighted by molar-refractivity contribution is 0.560. The van der Waals surface area contributed by atoms with E-state index in [0.29, 0.717) is 33.6 Å². The molecule has 2 aromatic carbocycles. The van der Waals surface area contributed by atoms with Crippen LogP contribution in [0.1, 0.15) is 20.8 Å². The third-order valence-corrected chi connectivity index (χ3v) is 4.97. The van der Waals surface area contributed by atoms with Gasteiger partial charge in [-0.2, -0.15) is 4.98 Å². The fourth-order valence-electron chi connectivity index (χ4n) is 2.54. The van der Waals surface area contributed by atoms with E-state index in [1.807, 2.05) is 24.3 Å². The summed E-state index contributed by atoms with van der Waals surface area (Å²) in [5.41, 5.74) is 8.99. The molecular formula is C19H22Cl2N6. The molecule has 0 aliphatic rings. The van der Waals surface area contributed by atoms with E-state index >= 15 is 0 Å². The van der Waals surface area contributed by atoms with Gasteiger partial charge < -0.3 is 16.4 Å². The van der Waals surface area contributed by atoms with Gasteiger partial charge >= 0.3 is 0 Å². The maximum absolute atomic E-state index is 6.49. The van der Waals surface area contributed by atoms with Gasteiger partial charge in [-0.25, -0.2) is 5.10 Å². The summed E-state index contributed by atoms with van der Waals surface area (Å²) in [5, 5.41) is 14.1. The molecule has 0 saturated heterocycles. The van der Waals surface area contributed by atoms with Crippen molar-refractivity contribution >= 4 is 46.5 Å². The molecule has 0 fully saturated rings. The summed E-state index contributed by atoms with van der Waals surface area (Å²) in [7, 11) is 0. The van der Waals surface area contributed by atoms with Crippen LogP contribution in [0.3, 0.4) is 0 Å². The summed E-state index contributed by atoms with van der Waals surface area (Å²) in [6.45, 7) is 6.54. The molecule has 1 atom stereocenters. The average molecular weight is 405 g/mol. The second-order valence-electron chi connectivity index (χ2n) is 6.74. The summed E-state index contributed by atoms with van der Waals surface area (Å²) >= 11 is 13.0. The molecule has 0 spiro atoms. The topological polar surface area (TPSA) is 91.7 Å². The highest BCUT2D eigenvalue weighted by Gasteiger charge is 2.13. The predicted molar refractivity (Wildman–Crippen MR) is 114 cm³/mol. The van der Waals surface area contributed by atoms with Crippen LogP contribution in [0.25, 0.3) is 11.1 Å². The standard InChI is InChI=1S/C19H22Cl2N6/c1-10(2)11(3)23-13-6-4-12(5-7-13)17-15(20)8-14(9-16(17)21)24-19-25-18(22)26-27-19/h4-11,23H,1-3H3,(H4,22,24,25,26,27). The van der Waals surface area contributed by atoms with Crippen LogP contribution >= 0.6 is 23.2 Å². The van der Waals surface area contributed by atoms with Crippen LogP contribution in [0.4, 0.5) is 23.3 Å². The van der Waals surface area contributed by atoms with Gasteiger partial charge in [-0.05, 0) is 42.7 Å². The molecule has 6 nitrogen and oxygen atoms in total. The minimum absolute atomic E-state index is 0.229. The van der Waals surface area contributed by atoms with Crippen molar-refractivity contribution in [1.29, 1.82) is 0 Å². The fourth-order valence-corrected chi connectivity index (χ4v) is 3.25. The number of H-pyrrole nitrogens is 1. The summed E-state index contributed by atoms with van der Waals surface area (Å²) in [4.78, 5) is 4.00. The number of nitrogens with zero attached hydrogens (tertiary/aromatic N) is 2. The van der Waals surface area contributed by atoms with E-state index in [2.05, 4.69) is 46.6 Å². The minimum Gasteiger partial charge on any atom is -0.382 e. The molecule has 0 aliphatic carbocycles. The highest BCUT2D eigenvalue weighted by atomic mass is 35.5. The first-order valence-corrected chi connectivity index (χ1v) is 9.40. The lowest BCUT2D eigenvalue weighted by Gasteiger charge is -2.19. The quantitative estimate of drug-likeness (QED) is 0.431. The lowest BCUT2D eigenvalue weighted by Crippen LogP contribution is -2.21. The highest BCUT2D eigenvalue weighted by molar-refractivity contribution is 6.39. The fraction of sp³-hybridized carbons (Fsp3) is 0.263. The maximum Gasteiger partial charge on any atom is 0.248 e. The van der Waals surface area contributed by atoms with Gasteiger partial charge in [0.1, 0.15) is 0 Å². The molecule has 0 amide bonds. The van der Waals surface area contributed by atoms with Gasteiger partial charge in [0.15, 0.2) is 0 Å². The van der Waals surface area contributed by atoms with Gasteiger partial charge in [0, 0.05) is 23.0 Å². The molecule has 1 heterocycles. The highest BCUT2D eigenvalue weighted by Crippen LogP contribution is 2.38. The first-order valence-electron chi connectivity index (χ1n) is 8.64. The molecule has 0 aliphatic heterocycles. The number of hydrogen-bond acceptors (Lipinski definition) is 5. The van der Waals surface area contributed by atoms with Crippen LogP contribution in [-0.4, -0.2) is 21.2 Å². The molecule has 3 rings (SSSR count). The minimum atomic E-state index is 0.229. The van der Waals surface area contributed by atoms with Crippen LogP contribution in [0, 0.1) is 5.92 Å². The van der Waals surface area contributed by atoms with Crippen molar-refractivity contribution in [3.8, 4) is 11.1 Å². The Bertz CT molecular complexity index is 897. The smallest absolute Gasteiger partial charge is 0.248 e. The molecule has 8 heteroatoms. The van der Waals surface area contributed by atoms with Gasteiger partial charge in [0.2, 0.25) is 11.9 Å². The zero-order chi connectivity index (χ0) is 19.6. The Kier molecular flexibility index (Phi) is 5.77. The van der Waals surface area contributed by atoms with Crippen molar-refractivity contribution in [2.45, 2.75) is 26.8 Å².